The monoisotopic (exact) mass is 342 g/mol. The number of rotatable bonds is 5. The molecule has 3 rings (SSSR count). The van der Waals surface area contributed by atoms with E-state index >= 15 is 0 Å². The standard InChI is InChI=1S/C19H22N2O2S/c1-21(13-14-7-5-11-17(14)22)19(23)16-10-6-12-20-18(16)24-15-8-3-2-4-9-15/h2-4,6,8-10,12,14,17,22H,5,7,11,13H2,1H3. The summed E-state index contributed by atoms with van der Waals surface area (Å²) in [6.45, 7) is 0.588. The molecule has 5 heteroatoms. The highest BCUT2D eigenvalue weighted by Gasteiger charge is 2.28. The van der Waals surface area contributed by atoms with Crippen molar-refractivity contribution in [2.45, 2.75) is 35.3 Å². The highest BCUT2D eigenvalue weighted by molar-refractivity contribution is 7.99. The molecule has 0 aliphatic heterocycles. The lowest BCUT2D eigenvalue weighted by Crippen LogP contribution is -2.34. The third-order valence-corrected chi connectivity index (χ3v) is 5.46. The van der Waals surface area contributed by atoms with Gasteiger partial charge in [0.2, 0.25) is 0 Å². The summed E-state index contributed by atoms with van der Waals surface area (Å²) in [6, 6.07) is 13.5. The van der Waals surface area contributed by atoms with Gasteiger partial charge in [-0.2, -0.15) is 0 Å². The molecule has 1 heterocycles. The van der Waals surface area contributed by atoms with Crippen LogP contribution in [0.15, 0.2) is 58.6 Å². The molecule has 1 N–H and O–H groups in total. The molecule has 2 unspecified atom stereocenters. The van der Waals surface area contributed by atoms with E-state index in [1.165, 1.54) is 11.8 Å². The van der Waals surface area contributed by atoms with E-state index in [0.717, 1.165) is 24.2 Å². The molecule has 0 radical (unpaired) electrons. The topological polar surface area (TPSA) is 53.4 Å². The highest BCUT2D eigenvalue weighted by atomic mass is 32.2. The minimum absolute atomic E-state index is 0.0411. The van der Waals surface area contributed by atoms with Crippen molar-refractivity contribution < 1.29 is 9.90 Å². The number of aliphatic hydroxyl groups excluding tert-OH is 1. The Bertz CT molecular complexity index is 693. The second-order valence-corrected chi connectivity index (χ2v) is 7.28. The SMILES string of the molecule is CN(CC1CCCC1O)C(=O)c1cccnc1Sc1ccccc1. The van der Waals surface area contributed by atoms with Crippen molar-refractivity contribution in [3.05, 3.63) is 54.2 Å². The van der Waals surface area contributed by atoms with Gasteiger partial charge in [0.15, 0.2) is 0 Å². The fourth-order valence-corrected chi connectivity index (χ4v) is 4.00. The molecule has 1 amide bonds. The molecule has 2 atom stereocenters. The molecule has 1 fully saturated rings. The van der Waals surface area contributed by atoms with Crippen LogP contribution in [0.5, 0.6) is 0 Å². The second-order valence-electron chi connectivity index (χ2n) is 6.22. The first-order valence-electron chi connectivity index (χ1n) is 8.26. The first-order valence-corrected chi connectivity index (χ1v) is 9.08. The average Bonchev–Trinajstić information content (AvgIpc) is 3.00. The Hall–Kier alpha value is -1.85. The molecule has 24 heavy (non-hydrogen) atoms. The molecule has 1 aliphatic carbocycles. The number of hydrogen-bond acceptors (Lipinski definition) is 4. The number of nitrogens with zero attached hydrogens (tertiary/aromatic N) is 2. The number of aliphatic hydroxyl groups is 1. The van der Waals surface area contributed by atoms with Gasteiger partial charge in [-0.3, -0.25) is 4.79 Å². The molecular weight excluding hydrogens is 320 g/mol. The van der Waals surface area contributed by atoms with Crippen LogP contribution in [0.4, 0.5) is 0 Å². The van der Waals surface area contributed by atoms with E-state index in [0.29, 0.717) is 17.1 Å². The number of pyridine rings is 1. The maximum Gasteiger partial charge on any atom is 0.256 e. The summed E-state index contributed by atoms with van der Waals surface area (Å²) < 4.78 is 0. The Morgan fingerprint density at radius 1 is 1.25 bits per heavy atom. The molecule has 0 bridgehead atoms. The Balaban J connectivity index is 1.74. The maximum absolute atomic E-state index is 12.8. The van der Waals surface area contributed by atoms with E-state index in [9.17, 15) is 9.90 Å². The van der Waals surface area contributed by atoms with Gasteiger partial charge in [-0.25, -0.2) is 4.98 Å². The summed E-state index contributed by atoms with van der Waals surface area (Å²) in [5.74, 6) is 0.140. The molecule has 1 aliphatic rings. The van der Waals surface area contributed by atoms with Crippen molar-refractivity contribution in [2.75, 3.05) is 13.6 Å². The Kier molecular flexibility index (Phi) is 5.53. The van der Waals surface area contributed by atoms with Crippen LogP contribution in [0, 0.1) is 5.92 Å². The number of carbonyl (C=O) groups is 1. The number of carbonyl (C=O) groups excluding carboxylic acids is 1. The zero-order valence-electron chi connectivity index (χ0n) is 13.8. The van der Waals surface area contributed by atoms with Crippen LogP contribution < -0.4 is 0 Å². The van der Waals surface area contributed by atoms with Crippen molar-refractivity contribution >= 4 is 17.7 Å². The smallest absolute Gasteiger partial charge is 0.256 e. The van der Waals surface area contributed by atoms with Gasteiger partial charge in [0.25, 0.3) is 5.91 Å². The molecule has 0 spiro atoms. The van der Waals surface area contributed by atoms with E-state index in [2.05, 4.69) is 4.98 Å². The van der Waals surface area contributed by atoms with Crippen molar-refractivity contribution in [3.8, 4) is 0 Å². The number of aromatic nitrogens is 1. The summed E-state index contributed by atoms with van der Waals surface area (Å²) in [5.41, 5.74) is 0.612. The van der Waals surface area contributed by atoms with Gasteiger partial charge in [0, 0.05) is 30.6 Å². The summed E-state index contributed by atoms with van der Waals surface area (Å²) in [6.07, 6.45) is 4.29. The largest absolute Gasteiger partial charge is 0.393 e. The number of benzene rings is 1. The van der Waals surface area contributed by atoms with Crippen LogP contribution >= 0.6 is 11.8 Å². The minimum Gasteiger partial charge on any atom is -0.393 e. The molecule has 4 nitrogen and oxygen atoms in total. The van der Waals surface area contributed by atoms with Crippen LogP contribution in [0.1, 0.15) is 29.6 Å². The lowest BCUT2D eigenvalue weighted by Gasteiger charge is -2.24. The van der Waals surface area contributed by atoms with Crippen LogP contribution in [0.25, 0.3) is 0 Å². The predicted molar refractivity (Wildman–Crippen MR) is 95.1 cm³/mol. The zero-order chi connectivity index (χ0) is 16.9. The van der Waals surface area contributed by atoms with Crippen molar-refractivity contribution in [2.24, 2.45) is 5.92 Å². The maximum atomic E-state index is 12.8. The van der Waals surface area contributed by atoms with Gasteiger partial charge in [-0.05, 0) is 37.1 Å². The van der Waals surface area contributed by atoms with Gasteiger partial charge in [0.05, 0.1) is 11.7 Å². The Morgan fingerprint density at radius 3 is 2.75 bits per heavy atom. The van der Waals surface area contributed by atoms with Crippen LogP contribution in [-0.4, -0.2) is 40.6 Å². The fourth-order valence-electron chi connectivity index (χ4n) is 3.11. The van der Waals surface area contributed by atoms with Crippen molar-refractivity contribution in [1.29, 1.82) is 0 Å². The van der Waals surface area contributed by atoms with E-state index < -0.39 is 0 Å². The second kappa shape index (κ2) is 7.81. The van der Waals surface area contributed by atoms with E-state index in [1.54, 1.807) is 24.2 Å². The molecular formula is C19H22N2O2S. The number of amides is 1. The lowest BCUT2D eigenvalue weighted by atomic mass is 10.1. The quantitative estimate of drug-likeness (QED) is 0.904. The van der Waals surface area contributed by atoms with Gasteiger partial charge >= 0.3 is 0 Å². The first kappa shape index (κ1) is 17.0. The first-order chi connectivity index (χ1) is 11.6. The Morgan fingerprint density at radius 2 is 2.04 bits per heavy atom. The van der Waals surface area contributed by atoms with Gasteiger partial charge in [-0.1, -0.05) is 36.4 Å². The third kappa shape index (κ3) is 3.97. The average molecular weight is 342 g/mol. The fraction of sp³-hybridized carbons (Fsp3) is 0.368. The van der Waals surface area contributed by atoms with Crippen molar-refractivity contribution in [1.82, 2.24) is 9.88 Å². The summed E-state index contributed by atoms with van der Waals surface area (Å²) in [4.78, 5) is 20.0. The van der Waals surface area contributed by atoms with Gasteiger partial charge < -0.3 is 10.0 Å². The van der Waals surface area contributed by atoms with Gasteiger partial charge in [0.1, 0.15) is 5.03 Å². The predicted octanol–water partition coefficient (Wildman–Crippen LogP) is 3.47. The summed E-state index contributed by atoms with van der Waals surface area (Å²) in [7, 11) is 1.80. The third-order valence-electron chi connectivity index (χ3n) is 4.43. The zero-order valence-corrected chi connectivity index (χ0v) is 14.6. The van der Waals surface area contributed by atoms with E-state index in [-0.39, 0.29) is 17.9 Å². The van der Waals surface area contributed by atoms with Gasteiger partial charge in [-0.15, -0.1) is 0 Å². The lowest BCUT2D eigenvalue weighted by molar-refractivity contribution is 0.0689. The summed E-state index contributed by atoms with van der Waals surface area (Å²) in [5, 5.41) is 10.7. The summed E-state index contributed by atoms with van der Waals surface area (Å²) >= 11 is 1.50. The molecule has 0 saturated heterocycles. The number of hydrogen-bond donors (Lipinski definition) is 1. The molecule has 1 aromatic heterocycles. The molecule has 126 valence electrons. The highest BCUT2D eigenvalue weighted by Crippen LogP contribution is 2.30. The van der Waals surface area contributed by atoms with E-state index in [4.69, 9.17) is 0 Å². The van der Waals surface area contributed by atoms with Crippen LogP contribution in [0.3, 0.4) is 0 Å². The molecule has 1 saturated carbocycles. The van der Waals surface area contributed by atoms with Crippen LogP contribution in [-0.2, 0) is 0 Å². The Labute approximate surface area is 146 Å². The normalized spacial score (nSPS) is 20.1. The molecule has 1 aromatic carbocycles. The van der Waals surface area contributed by atoms with E-state index in [1.807, 2.05) is 36.4 Å². The van der Waals surface area contributed by atoms with Crippen LogP contribution in [0.2, 0.25) is 0 Å². The molecule has 2 aromatic rings. The minimum atomic E-state index is -0.285. The van der Waals surface area contributed by atoms with Crippen molar-refractivity contribution in [3.63, 3.8) is 0 Å².